The van der Waals surface area contributed by atoms with Gasteiger partial charge in [-0.05, 0) is 17.7 Å². The highest BCUT2D eigenvalue weighted by Gasteiger charge is 2.19. The number of anilines is 1. The maximum absolute atomic E-state index is 13.9. The lowest BCUT2D eigenvalue weighted by Gasteiger charge is -2.32. The molecule has 0 spiro atoms. The second-order valence-electron chi connectivity index (χ2n) is 4.05. The second kappa shape index (κ2) is 5.41. The van der Waals surface area contributed by atoms with Crippen LogP contribution in [0.15, 0.2) is 18.2 Å². The first-order valence-electron chi connectivity index (χ1n) is 5.41. The third kappa shape index (κ3) is 2.72. The summed E-state index contributed by atoms with van der Waals surface area (Å²) in [5.41, 5.74) is 1.73. The number of thioether (sulfide) groups is 1. The highest BCUT2D eigenvalue weighted by atomic mass is 79.9. The molecule has 1 nitrogen and oxygen atoms in total. The molecule has 0 radical (unpaired) electrons. The van der Waals surface area contributed by atoms with Gasteiger partial charge in [0.15, 0.2) is 0 Å². The van der Waals surface area contributed by atoms with Crippen molar-refractivity contribution in [2.24, 2.45) is 0 Å². The fourth-order valence-electron chi connectivity index (χ4n) is 1.93. The Labute approximate surface area is 109 Å². The molecule has 1 fully saturated rings. The smallest absolute Gasteiger partial charge is 0.146 e. The van der Waals surface area contributed by atoms with Gasteiger partial charge in [0.25, 0.3) is 0 Å². The van der Waals surface area contributed by atoms with E-state index in [9.17, 15) is 4.39 Å². The van der Waals surface area contributed by atoms with E-state index in [2.05, 4.69) is 27.8 Å². The van der Waals surface area contributed by atoms with Crippen LogP contribution in [0.2, 0.25) is 0 Å². The Morgan fingerprint density at radius 1 is 1.56 bits per heavy atom. The molecule has 1 unspecified atom stereocenters. The minimum absolute atomic E-state index is 0.101. The molecule has 88 valence electrons. The van der Waals surface area contributed by atoms with Crippen molar-refractivity contribution >= 4 is 33.4 Å². The molecule has 1 aliphatic rings. The van der Waals surface area contributed by atoms with Crippen LogP contribution in [-0.4, -0.2) is 24.1 Å². The molecule has 16 heavy (non-hydrogen) atoms. The summed E-state index contributed by atoms with van der Waals surface area (Å²) in [6.45, 7) is 4.08. The molecule has 0 saturated carbocycles. The molecule has 0 aromatic heterocycles. The molecule has 4 heteroatoms. The highest BCUT2D eigenvalue weighted by molar-refractivity contribution is 9.08. The van der Waals surface area contributed by atoms with Gasteiger partial charge in [-0.15, -0.1) is 0 Å². The van der Waals surface area contributed by atoms with E-state index in [-0.39, 0.29) is 5.82 Å². The van der Waals surface area contributed by atoms with E-state index in [0.29, 0.717) is 10.6 Å². The van der Waals surface area contributed by atoms with Gasteiger partial charge in [-0.25, -0.2) is 4.39 Å². The van der Waals surface area contributed by atoms with Crippen molar-refractivity contribution in [2.45, 2.75) is 17.5 Å². The van der Waals surface area contributed by atoms with Crippen molar-refractivity contribution < 1.29 is 4.39 Å². The zero-order chi connectivity index (χ0) is 11.5. The van der Waals surface area contributed by atoms with Gasteiger partial charge in [-0.2, -0.15) is 11.8 Å². The number of halogens is 2. The quantitative estimate of drug-likeness (QED) is 0.767. The molecule has 1 aromatic carbocycles. The molecule has 2 rings (SSSR count). The van der Waals surface area contributed by atoms with Crippen molar-refractivity contribution in [1.82, 2.24) is 0 Å². The fourth-order valence-corrected chi connectivity index (χ4v) is 3.29. The van der Waals surface area contributed by atoms with Gasteiger partial charge in [-0.3, -0.25) is 0 Å². The van der Waals surface area contributed by atoms with Crippen LogP contribution in [0.25, 0.3) is 0 Å². The number of benzene rings is 1. The van der Waals surface area contributed by atoms with Crippen LogP contribution in [0, 0.1) is 5.82 Å². The lowest BCUT2D eigenvalue weighted by molar-refractivity contribution is 0.615. The number of rotatable bonds is 2. The van der Waals surface area contributed by atoms with Crippen molar-refractivity contribution in [3.05, 3.63) is 29.6 Å². The van der Waals surface area contributed by atoms with Gasteiger partial charge in [0.05, 0.1) is 5.69 Å². The summed E-state index contributed by atoms with van der Waals surface area (Å²) in [4.78, 5) is 2.15. The van der Waals surface area contributed by atoms with Crippen molar-refractivity contribution in [1.29, 1.82) is 0 Å². The topological polar surface area (TPSA) is 3.24 Å². The first-order valence-corrected chi connectivity index (χ1v) is 7.58. The summed E-state index contributed by atoms with van der Waals surface area (Å²) in [6.07, 6.45) is 0. The Morgan fingerprint density at radius 2 is 2.38 bits per heavy atom. The number of alkyl halides is 1. The summed E-state index contributed by atoms with van der Waals surface area (Å²) in [6, 6.07) is 5.50. The molecule has 0 bridgehead atoms. The molecule has 1 atom stereocenters. The van der Waals surface area contributed by atoms with Crippen LogP contribution < -0.4 is 4.90 Å². The van der Waals surface area contributed by atoms with Gasteiger partial charge >= 0.3 is 0 Å². The monoisotopic (exact) mass is 303 g/mol. The molecule has 1 heterocycles. The Balaban J connectivity index is 2.19. The first kappa shape index (κ1) is 12.2. The summed E-state index contributed by atoms with van der Waals surface area (Å²) in [5.74, 6) is 0.983. The predicted octanol–water partition coefficient (Wildman–Crippen LogP) is 3.66. The summed E-state index contributed by atoms with van der Waals surface area (Å²) >= 11 is 5.30. The fraction of sp³-hybridized carbons (Fsp3) is 0.500. The maximum atomic E-state index is 13.9. The van der Waals surface area contributed by atoms with Gasteiger partial charge in [0.2, 0.25) is 0 Å². The number of hydrogen-bond donors (Lipinski definition) is 0. The normalized spacial score (nSPS) is 21.2. The third-order valence-electron chi connectivity index (χ3n) is 2.75. The SMILES string of the molecule is CC1CN(c2ccc(CBr)cc2F)CCS1. The van der Waals surface area contributed by atoms with Crippen molar-refractivity contribution in [3.63, 3.8) is 0 Å². The van der Waals surface area contributed by atoms with E-state index in [1.165, 1.54) is 0 Å². The number of nitrogens with zero attached hydrogens (tertiary/aromatic N) is 1. The molecule has 0 aliphatic carbocycles. The lowest BCUT2D eigenvalue weighted by Crippen LogP contribution is -2.37. The summed E-state index contributed by atoms with van der Waals surface area (Å²) in [5, 5.41) is 1.29. The number of hydrogen-bond acceptors (Lipinski definition) is 2. The minimum Gasteiger partial charge on any atom is -0.367 e. The maximum Gasteiger partial charge on any atom is 0.146 e. The summed E-state index contributed by atoms with van der Waals surface area (Å²) < 4.78 is 13.9. The van der Waals surface area contributed by atoms with Crippen molar-refractivity contribution in [2.75, 3.05) is 23.7 Å². The van der Waals surface area contributed by atoms with Gasteiger partial charge < -0.3 is 4.90 Å². The lowest BCUT2D eigenvalue weighted by atomic mass is 10.2. The molecule has 0 N–H and O–H groups in total. The Morgan fingerprint density at radius 3 is 3.00 bits per heavy atom. The standard InChI is InChI=1S/C12H15BrFNS/c1-9-8-15(4-5-16-9)12-3-2-10(7-13)6-11(12)14/h2-3,6,9H,4-5,7-8H2,1H3. The van der Waals surface area contributed by atoms with E-state index in [1.807, 2.05) is 23.9 Å². The van der Waals surface area contributed by atoms with Gasteiger partial charge in [0.1, 0.15) is 5.82 Å². The van der Waals surface area contributed by atoms with Crippen LogP contribution in [0.1, 0.15) is 12.5 Å². The van der Waals surface area contributed by atoms with Crippen molar-refractivity contribution in [3.8, 4) is 0 Å². The molecule has 1 aromatic rings. The van der Waals surface area contributed by atoms with Crippen LogP contribution in [-0.2, 0) is 5.33 Å². The van der Waals surface area contributed by atoms with E-state index in [1.54, 1.807) is 6.07 Å². The van der Waals surface area contributed by atoms with Gasteiger partial charge in [0, 0.05) is 29.4 Å². The van der Waals surface area contributed by atoms with Crippen LogP contribution in [0.3, 0.4) is 0 Å². The Kier molecular flexibility index (Phi) is 4.14. The Hall–Kier alpha value is -0.220. The first-order chi connectivity index (χ1) is 7.70. The predicted molar refractivity (Wildman–Crippen MR) is 73.2 cm³/mol. The van der Waals surface area contributed by atoms with E-state index in [0.717, 1.165) is 30.1 Å². The van der Waals surface area contributed by atoms with Gasteiger partial charge in [-0.1, -0.05) is 28.9 Å². The summed E-state index contributed by atoms with van der Waals surface area (Å²) in [7, 11) is 0. The second-order valence-corrected chi connectivity index (χ2v) is 6.15. The van der Waals surface area contributed by atoms with E-state index < -0.39 is 0 Å². The highest BCUT2D eigenvalue weighted by Crippen LogP contribution is 2.27. The average molecular weight is 304 g/mol. The third-order valence-corrected chi connectivity index (χ3v) is 4.53. The molecule has 1 aliphatic heterocycles. The van der Waals surface area contributed by atoms with Crippen LogP contribution in [0.5, 0.6) is 0 Å². The zero-order valence-corrected chi connectivity index (χ0v) is 11.7. The van der Waals surface area contributed by atoms with E-state index in [4.69, 9.17) is 0 Å². The van der Waals surface area contributed by atoms with Crippen LogP contribution in [0.4, 0.5) is 10.1 Å². The zero-order valence-electron chi connectivity index (χ0n) is 9.25. The van der Waals surface area contributed by atoms with E-state index >= 15 is 0 Å². The largest absolute Gasteiger partial charge is 0.367 e. The Bertz CT molecular complexity index is 372. The molecule has 1 saturated heterocycles. The molecular weight excluding hydrogens is 289 g/mol. The minimum atomic E-state index is -0.101. The molecular formula is C12H15BrFNS. The molecule has 0 amide bonds. The van der Waals surface area contributed by atoms with Crippen LogP contribution >= 0.6 is 27.7 Å². The average Bonchev–Trinajstić information content (AvgIpc) is 2.28.